The van der Waals surface area contributed by atoms with Gasteiger partial charge in [0.1, 0.15) is 22.3 Å². The number of hydrogen-bond donors (Lipinski definition) is 0. The average Bonchev–Trinajstić information content (AvgIpc) is 4.21. The lowest BCUT2D eigenvalue weighted by Crippen LogP contribution is -2.14. The highest BCUT2D eigenvalue weighted by Gasteiger charge is 2.24. The van der Waals surface area contributed by atoms with Crippen molar-refractivity contribution in [3.8, 4) is 78.1 Å². The van der Waals surface area contributed by atoms with Gasteiger partial charge in [0.25, 0.3) is 0 Å². The molecule has 14 aromatic rings. The van der Waals surface area contributed by atoms with Crippen molar-refractivity contribution in [2.45, 2.75) is 20.8 Å². The molecule has 0 spiro atoms. The van der Waals surface area contributed by atoms with Gasteiger partial charge in [-0.25, -0.2) is 0 Å². The molecule has 0 atom stereocenters. The third kappa shape index (κ3) is 8.48. The van der Waals surface area contributed by atoms with Crippen LogP contribution in [-0.2, 0) is 0 Å². The summed E-state index contributed by atoms with van der Waals surface area (Å²) in [5.41, 5.74) is 24.5. The first-order valence-corrected chi connectivity index (χ1v) is 26.5. The van der Waals surface area contributed by atoms with E-state index in [4.69, 9.17) is 18.8 Å². The summed E-state index contributed by atoms with van der Waals surface area (Å²) in [6.45, 7) is 6.56. The summed E-state index contributed by atoms with van der Waals surface area (Å²) in [7, 11) is 0. The molecule has 78 heavy (non-hydrogen) atoms. The van der Waals surface area contributed by atoms with E-state index in [9.17, 15) is 0 Å². The number of aryl methyl sites for hydroxylation is 3. The zero-order chi connectivity index (χ0) is 52.3. The van der Waals surface area contributed by atoms with Gasteiger partial charge in [0.2, 0.25) is 0 Å². The lowest BCUT2D eigenvalue weighted by Gasteiger charge is -2.31. The molecule has 0 unspecified atom stereocenters. The van der Waals surface area contributed by atoms with Gasteiger partial charge in [-0.3, -0.25) is 9.97 Å². The predicted octanol–water partition coefficient (Wildman–Crippen LogP) is 20.3. The van der Waals surface area contributed by atoms with Crippen molar-refractivity contribution in [3.63, 3.8) is 0 Å². The van der Waals surface area contributed by atoms with Gasteiger partial charge in [0.15, 0.2) is 0 Å². The molecule has 0 aliphatic heterocycles. The Hall–Kier alpha value is -10.1. The van der Waals surface area contributed by atoms with Crippen LogP contribution in [0.15, 0.2) is 264 Å². The molecule has 0 N–H and O–H groups in total. The minimum Gasteiger partial charge on any atom is -0.456 e. The zero-order valence-corrected chi connectivity index (χ0v) is 43.4. The largest absolute Gasteiger partial charge is 0.456 e. The number of benzene rings is 10. The summed E-state index contributed by atoms with van der Waals surface area (Å²) in [4.78, 5) is 12.8. The molecule has 0 radical (unpaired) electrons. The van der Waals surface area contributed by atoms with Gasteiger partial charge in [0.05, 0.1) is 17.1 Å². The van der Waals surface area contributed by atoms with Gasteiger partial charge in [-0.15, -0.1) is 0 Å². The predicted molar refractivity (Wildman–Crippen MR) is 324 cm³/mol. The first kappa shape index (κ1) is 46.4. The molecule has 0 fully saturated rings. The van der Waals surface area contributed by atoms with Gasteiger partial charge in [-0.1, -0.05) is 151 Å². The second-order valence-electron chi connectivity index (χ2n) is 20.4. The fourth-order valence-electron chi connectivity index (χ4n) is 11.4. The molecule has 14 rings (SSSR count). The van der Waals surface area contributed by atoms with Crippen LogP contribution in [0.4, 0.5) is 17.1 Å². The number of nitrogens with zero attached hydrogens (tertiary/aromatic N) is 3. The van der Waals surface area contributed by atoms with Gasteiger partial charge in [-0.2, -0.15) is 0 Å². The van der Waals surface area contributed by atoms with Gasteiger partial charge in [0, 0.05) is 62.0 Å². The molecule has 4 heterocycles. The van der Waals surface area contributed by atoms with Crippen LogP contribution in [0.25, 0.3) is 122 Å². The topological polar surface area (TPSA) is 55.3 Å². The van der Waals surface area contributed by atoms with Crippen LogP contribution in [0.5, 0.6) is 0 Å². The Labute approximate surface area is 453 Å². The van der Waals surface area contributed by atoms with E-state index < -0.39 is 0 Å². The summed E-state index contributed by atoms with van der Waals surface area (Å²) < 4.78 is 12.8. The monoisotopic (exact) mass is 1000 g/mol. The van der Waals surface area contributed by atoms with E-state index in [0.717, 1.165) is 150 Å². The SMILES string of the molecule is Cc1cc(C)c(N(c2cc(-c3ccccc3)cc(-c3cc(-c4ccc5c(c4)oc4ccccc45)ccn3)c2)c2cc(-c3ccccc3)cc(-c3cc(-c4ccc5c(c4)oc4ccccc45)c(C)cn3)c2)c(-c2ccccc2)c1. The summed E-state index contributed by atoms with van der Waals surface area (Å²) >= 11 is 0. The van der Waals surface area contributed by atoms with Crippen LogP contribution in [0.1, 0.15) is 16.7 Å². The number of rotatable bonds is 10. The van der Waals surface area contributed by atoms with Crippen molar-refractivity contribution in [3.05, 3.63) is 272 Å². The third-order valence-corrected chi connectivity index (χ3v) is 15.2. The number of para-hydroxylation sites is 2. The maximum atomic E-state index is 6.41. The second kappa shape index (κ2) is 19.2. The number of fused-ring (bicyclic) bond motifs is 6. The smallest absolute Gasteiger partial charge is 0.136 e. The van der Waals surface area contributed by atoms with Crippen molar-refractivity contribution in [1.29, 1.82) is 0 Å². The van der Waals surface area contributed by atoms with Crippen LogP contribution < -0.4 is 4.90 Å². The number of anilines is 3. The van der Waals surface area contributed by atoms with Crippen LogP contribution in [0.2, 0.25) is 0 Å². The third-order valence-electron chi connectivity index (χ3n) is 15.2. The standard InChI is InChI=1S/C73H51N3O2/c1-46-33-47(2)73(66(34-46)51-21-11-6-12-22-51)76(59-37-55(49-17-7-4-8-18-49)35-57(39-59)67-41-53(31-32-74-67)52-27-29-63-61-23-13-15-25-69(61)77-71(63)42-52)60-38-56(50-19-9-5-10-20-50)36-58(40-60)68-44-65(48(3)45-75-68)54-28-30-64-62-24-14-16-26-70(62)78-72(64)43-54/h4-45H,1-3H3. The van der Waals surface area contributed by atoms with E-state index in [1.54, 1.807) is 0 Å². The highest BCUT2D eigenvalue weighted by Crippen LogP contribution is 2.48. The van der Waals surface area contributed by atoms with Crippen LogP contribution in [0.3, 0.4) is 0 Å². The van der Waals surface area contributed by atoms with Crippen LogP contribution in [-0.4, -0.2) is 9.97 Å². The molecule has 0 saturated carbocycles. The fraction of sp³-hybridized carbons (Fsp3) is 0.0411. The van der Waals surface area contributed by atoms with E-state index in [1.807, 2.05) is 36.7 Å². The fourth-order valence-corrected chi connectivity index (χ4v) is 11.4. The molecule has 0 amide bonds. The van der Waals surface area contributed by atoms with Crippen molar-refractivity contribution < 1.29 is 8.83 Å². The number of pyridine rings is 2. The Morgan fingerprint density at radius 3 is 1.40 bits per heavy atom. The number of hydrogen-bond acceptors (Lipinski definition) is 5. The first-order valence-electron chi connectivity index (χ1n) is 26.5. The summed E-state index contributed by atoms with van der Waals surface area (Å²) in [6, 6.07) is 86.6. The van der Waals surface area contributed by atoms with Crippen molar-refractivity contribution in [2.75, 3.05) is 4.90 Å². The van der Waals surface area contributed by atoms with Crippen molar-refractivity contribution >= 4 is 60.9 Å². The molecular formula is C73H51N3O2. The van der Waals surface area contributed by atoms with Crippen molar-refractivity contribution in [2.24, 2.45) is 0 Å². The van der Waals surface area contributed by atoms with E-state index >= 15 is 0 Å². The summed E-state index contributed by atoms with van der Waals surface area (Å²) in [5, 5.41) is 4.43. The zero-order valence-electron chi connectivity index (χ0n) is 43.4. The highest BCUT2D eigenvalue weighted by atomic mass is 16.3. The molecular weight excluding hydrogens is 951 g/mol. The molecule has 5 nitrogen and oxygen atoms in total. The minimum atomic E-state index is 0.857. The lowest BCUT2D eigenvalue weighted by molar-refractivity contribution is 0.668. The molecule has 0 aliphatic rings. The van der Waals surface area contributed by atoms with Gasteiger partial charge in [-0.05, 0) is 179 Å². The second-order valence-corrected chi connectivity index (χ2v) is 20.4. The molecule has 0 saturated heterocycles. The minimum absolute atomic E-state index is 0.857. The normalized spacial score (nSPS) is 11.5. The molecule has 10 aromatic carbocycles. The van der Waals surface area contributed by atoms with E-state index in [1.165, 1.54) is 5.56 Å². The van der Waals surface area contributed by atoms with E-state index in [-0.39, 0.29) is 0 Å². The summed E-state index contributed by atoms with van der Waals surface area (Å²) in [6.07, 6.45) is 3.92. The maximum Gasteiger partial charge on any atom is 0.136 e. The van der Waals surface area contributed by atoms with Crippen LogP contribution in [0, 0.1) is 20.8 Å². The molecule has 5 heteroatoms. The lowest BCUT2D eigenvalue weighted by atomic mass is 9.93. The Kier molecular flexibility index (Phi) is 11.5. The first-order chi connectivity index (χ1) is 38.3. The van der Waals surface area contributed by atoms with E-state index in [0.29, 0.717) is 0 Å². The van der Waals surface area contributed by atoms with Gasteiger partial charge >= 0.3 is 0 Å². The van der Waals surface area contributed by atoms with Crippen molar-refractivity contribution in [1.82, 2.24) is 9.97 Å². The highest BCUT2D eigenvalue weighted by molar-refractivity contribution is 6.07. The average molecular weight is 1000 g/mol. The molecule has 0 aliphatic carbocycles. The number of aromatic nitrogens is 2. The maximum absolute atomic E-state index is 6.41. The quantitative estimate of drug-likeness (QED) is 0.137. The van der Waals surface area contributed by atoms with E-state index in [2.05, 4.69) is 244 Å². The molecule has 370 valence electrons. The number of furan rings is 2. The molecule has 0 bridgehead atoms. The summed E-state index contributed by atoms with van der Waals surface area (Å²) in [5.74, 6) is 0. The molecule has 4 aromatic heterocycles. The Bertz CT molecular complexity index is 4590. The van der Waals surface area contributed by atoms with Gasteiger partial charge < -0.3 is 13.7 Å². The Morgan fingerprint density at radius 2 is 0.795 bits per heavy atom. The van der Waals surface area contributed by atoms with Crippen LogP contribution >= 0.6 is 0 Å². The Balaban J connectivity index is 0.992. The Morgan fingerprint density at radius 1 is 0.308 bits per heavy atom.